The summed E-state index contributed by atoms with van der Waals surface area (Å²) in [6.45, 7) is 4.25. The second kappa shape index (κ2) is 6.11. The van der Waals surface area contributed by atoms with Crippen molar-refractivity contribution >= 4 is 26.9 Å². The molecule has 4 nitrogen and oxygen atoms in total. The fraction of sp³-hybridized carbons (Fsp3) is 0.357. The summed E-state index contributed by atoms with van der Waals surface area (Å²) in [5.74, 6) is 0.695. The average Bonchev–Trinajstić information content (AvgIpc) is 2.90. The molecule has 1 aliphatic heterocycles. The molecule has 6 heteroatoms. The highest BCUT2D eigenvalue weighted by molar-refractivity contribution is 8.14. The van der Waals surface area contributed by atoms with Crippen molar-refractivity contribution in [2.45, 2.75) is 18.7 Å². The third kappa shape index (κ3) is 3.13. The maximum atomic E-state index is 12.4. The topological polar surface area (TPSA) is 54.5 Å². The van der Waals surface area contributed by atoms with E-state index >= 15 is 0 Å². The number of nitrogens with zero attached hydrogens (tertiary/aromatic N) is 1. The van der Waals surface area contributed by atoms with Gasteiger partial charge in [0, 0.05) is 18.7 Å². The Morgan fingerprint density at radius 2 is 1.95 bits per heavy atom. The first-order chi connectivity index (χ1) is 9.45. The zero-order valence-electron chi connectivity index (χ0n) is 11.5. The third-order valence-electron chi connectivity index (χ3n) is 3.08. The molecular weight excluding hydrogens is 294 g/mol. The Labute approximate surface area is 123 Å². The molecule has 1 aliphatic rings. The molecule has 0 bridgehead atoms. The van der Waals surface area contributed by atoms with E-state index in [1.165, 1.54) is 16.1 Å². The second-order valence-electron chi connectivity index (χ2n) is 4.56. The molecule has 20 heavy (non-hydrogen) atoms. The van der Waals surface area contributed by atoms with Crippen LogP contribution in [0, 0.1) is 6.92 Å². The van der Waals surface area contributed by atoms with Gasteiger partial charge in [0.25, 0.3) is 0 Å². The van der Waals surface area contributed by atoms with E-state index in [2.05, 4.69) is 0 Å². The molecule has 0 amide bonds. The van der Waals surface area contributed by atoms with Crippen molar-refractivity contribution in [3.63, 3.8) is 0 Å². The van der Waals surface area contributed by atoms with Crippen molar-refractivity contribution in [1.29, 1.82) is 0 Å². The molecule has 0 atom stereocenters. The molecule has 2 rings (SSSR count). The standard InChI is InChI=1S/C14H17NO3S2/c1-3-19-14(16)12-8-9-15(10-12)20(17,18)13-6-4-11(2)5-7-13/h4-8H,3,9-10H2,1-2H3. The Hall–Kier alpha value is -1.11. The molecule has 1 aromatic carbocycles. The van der Waals surface area contributed by atoms with Crippen LogP contribution in [0.4, 0.5) is 0 Å². The molecule has 0 saturated heterocycles. The maximum absolute atomic E-state index is 12.4. The summed E-state index contributed by atoms with van der Waals surface area (Å²) in [5.41, 5.74) is 1.59. The summed E-state index contributed by atoms with van der Waals surface area (Å²) in [5, 5.41) is -0.0332. The van der Waals surface area contributed by atoms with Gasteiger partial charge in [0.05, 0.1) is 4.90 Å². The average molecular weight is 311 g/mol. The first-order valence-corrected chi connectivity index (χ1v) is 8.80. The highest BCUT2D eigenvalue weighted by Crippen LogP contribution is 2.23. The molecule has 0 spiro atoms. The van der Waals surface area contributed by atoms with Gasteiger partial charge in [0.2, 0.25) is 15.1 Å². The molecule has 0 N–H and O–H groups in total. The fourth-order valence-electron chi connectivity index (χ4n) is 1.95. The Balaban J connectivity index is 2.14. The van der Waals surface area contributed by atoms with Crippen LogP contribution >= 0.6 is 11.8 Å². The molecular formula is C14H17NO3S2. The Morgan fingerprint density at radius 1 is 1.30 bits per heavy atom. The van der Waals surface area contributed by atoms with E-state index in [1.807, 2.05) is 13.8 Å². The van der Waals surface area contributed by atoms with E-state index in [1.54, 1.807) is 30.3 Å². The predicted molar refractivity (Wildman–Crippen MR) is 81.2 cm³/mol. The summed E-state index contributed by atoms with van der Waals surface area (Å²) in [6.07, 6.45) is 1.71. The van der Waals surface area contributed by atoms with Crippen LogP contribution in [0.3, 0.4) is 0 Å². The van der Waals surface area contributed by atoms with Gasteiger partial charge in [-0.05, 0) is 24.8 Å². The zero-order valence-corrected chi connectivity index (χ0v) is 13.1. The van der Waals surface area contributed by atoms with Crippen LogP contribution in [0.5, 0.6) is 0 Å². The number of benzene rings is 1. The molecule has 0 aromatic heterocycles. The maximum Gasteiger partial charge on any atom is 0.243 e. The lowest BCUT2D eigenvalue weighted by molar-refractivity contribution is -0.107. The lowest BCUT2D eigenvalue weighted by Gasteiger charge is -2.16. The first-order valence-electron chi connectivity index (χ1n) is 6.38. The number of thioether (sulfide) groups is 1. The lowest BCUT2D eigenvalue weighted by atomic mass is 10.2. The minimum Gasteiger partial charge on any atom is -0.282 e. The normalized spacial score (nSPS) is 16.2. The molecule has 0 fully saturated rings. The van der Waals surface area contributed by atoms with Gasteiger partial charge in [-0.2, -0.15) is 4.31 Å². The minimum absolute atomic E-state index is 0.0332. The second-order valence-corrected chi connectivity index (χ2v) is 7.74. The van der Waals surface area contributed by atoms with Crippen molar-refractivity contribution in [3.8, 4) is 0 Å². The van der Waals surface area contributed by atoms with Crippen molar-refractivity contribution in [1.82, 2.24) is 4.31 Å². The van der Waals surface area contributed by atoms with E-state index in [4.69, 9.17) is 0 Å². The van der Waals surface area contributed by atoms with Crippen LogP contribution < -0.4 is 0 Å². The number of sulfonamides is 1. The Kier molecular flexibility index (Phi) is 4.67. The highest BCUT2D eigenvalue weighted by atomic mass is 32.2. The van der Waals surface area contributed by atoms with Gasteiger partial charge in [-0.3, -0.25) is 4.79 Å². The van der Waals surface area contributed by atoms with E-state index < -0.39 is 10.0 Å². The summed E-state index contributed by atoms with van der Waals surface area (Å²) in [7, 11) is -3.52. The van der Waals surface area contributed by atoms with E-state index in [0.29, 0.717) is 11.3 Å². The van der Waals surface area contributed by atoms with Gasteiger partial charge in [-0.25, -0.2) is 8.42 Å². The predicted octanol–water partition coefficient (Wildman–Crippen LogP) is 2.21. The molecule has 0 aliphatic carbocycles. The number of hydrogen-bond donors (Lipinski definition) is 0. The highest BCUT2D eigenvalue weighted by Gasteiger charge is 2.30. The van der Waals surface area contributed by atoms with Gasteiger partial charge >= 0.3 is 0 Å². The van der Waals surface area contributed by atoms with Crippen molar-refractivity contribution in [2.24, 2.45) is 0 Å². The summed E-state index contributed by atoms with van der Waals surface area (Å²) < 4.78 is 26.2. The number of hydrogen-bond acceptors (Lipinski definition) is 4. The molecule has 0 unspecified atom stereocenters. The smallest absolute Gasteiger partial charge is 0.243 e. The van der Waals surface area contributed by atoms with Gasteiger partial charge in [-0.1, -0.05) is 42.5 Å². The van der Waals surface area contributed by atoms with E-state index in [9.17, 15) is 13.2 Å². The monoisotopic (exact) mass is 311 g/mol. The van der Waals surface area contributed by atoms with Crippen molar-refractivity contribution < 1.29 is 13.2 Å². The SMILES string of the molecule is CCSC(=O)C1=CCN(S(=O)(=O)c2ccc(C)cc2)C1. The van der Waals surface area contributed by atoms with Crippen molar-refractivity contribution in [2.75, 3.05) is 18.8 Å². The van der Waals surface area contributed by atoms with Crippen LogP contribution in [0.15, 0.2) is 40.8 Å². The van der Waals surface area contributed by atoms with Crippen LogP contribution in [0.2, 0.25) is 0 Å². The Bertz CT molecular complexity index is 633. The summed E-state index contributed by atoms with van der Waals surface area (Å²) in [6, 6.07) is 6.75. The number of carbonyl (C=O) groups is 1. The zero-order chi connectivity index (χ0) is 14.8. The van der Waals surface area contributed by atoms with Crippen LogP contribution in [-0.4, -0.2) is 36.7 Å². The van der Waals surface area contributed by atoms with Gasteiger partial charge in [0.1, 0.15) is 0 Å². The lowest BCUT2D eigenvalue weighted by Crippen LogP contribution is -2.29. The quantitative estimate of drug-likeness (QED) is 0.855. The number of rotatable bonds is 4. The van der Waals surface area contributed by atoms with Crippen molar-refractivity contribution in [3.05, 3.63) is 41.5 Å². The van der Waals surface area contributed by atoms with Gasteiger partial charge in [-0.15, -0.1) is 0 Å². The molecule has 1 heterocycles. The van der Waals surface area contributed by atoms with Crippen LogP contribution in [0.25, 0.3) is 0 Å². The van der Waals surface area contributed by atoms with Gasteiger partial charge < -0.3 is 0 Å². The third-order valence-corrected chi connectivity index (χ3v) is 5.72. The van der Waals surface area contributed by atoms with Gasteiger partial charge in [0.15, 0.2) is 0 Å². The van der Waals surface area contributed by atoms with E-state index in [-0.39, 0.29) is 23.1 Å². The largest absolute Gasteiger partial charge is 0.282 e. The van der Waals surface area contributed by atoms with Crippen LogP contribution in [0.1, 0.15) is 12.5 Å². The molecule has 0 saturated carbocycles. The molecule has 0 radical (unpaired) electrons. The summed E-state index contributed by atoms with van der Waals surface area (Å²) >= 11 is 1.21. The Morgan fingerprint density at radius 3 is 2.55 bits per heavy atom. The minimum atomic E-state index is -3.52. The van der Waals surface area contributed by atoms with Crippen LogP contribution in [-0.2, 0) is 14.8 Å². The van der Waals surface area contributed by atoms with E-state index in [0.717, 1.165) is 5.56 Å². The molecule has 1 aromatic rings. The first kappa shape index (κ1) is 15.3. The molecule has 108 valence electrons. The number of aryl methyl sites for hydroxylation is 1. The fourth-order valence-corrected chi connectivity index (χ4v) is 3.90. The summed E-state index contributed by atoms with van der Waals surface area (Å²) in [4.78, 5) is 12.0. The number of carbonyl (C=O) groups excluding carboxylic acids is 1.